The molecule has 68 valence electrons. The molecule has 0 rings (SSSR count). The zero-order valence-corrected chi connectivity index (χ0v) is 8.72. The molecule has 11 heavy (non-hydrogen) atoms. The molecule has 0 spiro atoms. The van der Waals surface area contributed by atoms with Gasteiger partial charge < -0.3 is 0 Å². The van der Waals surface area contributed by atoms with E-state index in [0.29, 0.717) is 0 Å². The van der Waals surface area contributed by atoms with E-state index in [1.54, 1.807) is 0 Å². The van der Waals surface area contributed by atoms with Crippen LogP contribution in [-0.4, -0.2) is 27.5 Å². The minimum atomic E-state index is -3.57. The van der Waals surface area contributed by atoms with E-state index >= 15 is 0 Å². The fraction of sp³-hybridized carbons (Fsp3) is 1.00. The minimum absolute atomic E-state index is 1.17. The van der Waals surface area contributed by atoms with Gasteiger partial charge in [0.05, 0.1) is 0 Å². The van der Waals surface area contributed by atoms with Crippen molar-refractivity contribution >= 4 is 15.2 Å². The van der Waals surface area contributed by atoms with Gasteiger partial charge in [0, 0.05) is 27.5 Å². The lowest BCUT2D eigenvalue weighted by Crippen LogP contribution is -1.91. The van der Waals surface area contributed by atoms with Crippen molar-refractivity contribution in [1.29, 1.82) is 0 Å². The molecule has 0 bridgehead atoms. The normalized spacial score (nSPS) is 13.5. The van der Waals surface area contributed by atoms with Gasteiger partial charge in [-0.25, -0.2) is 8.88 Å². The first kappa shape index (κ1) is 11.3. The highest BCUT2D eigenvalue weighted by Crippen LogP contribution is 2.60. The Kier molecular flexibility index (Phi) is 3.95. The van der Waals surface area contributed by atoms with Crippen molar-refractivity contribution in [3.8, 4) is 0 Å². The number of rotatable bonds is 4. The molecule has 0 N–H and O–H groups in total. The molecular formula is C4H12O5P2. The molecule has 0 aliphatic heterocycles. The Morgan fingerprint density at radius 1 is 1.00 bits per heavy atom. The van der Waals surface area contributed by atoms with Gasteiger partial charge in [-0.2, -0.15) is 0 Å². The second-order valence-electron chi connectivity index (χ2n) is 2.15. The molecule has 0 aliphatic rings. The van der Waals surface area contributed by atoms with Crippen molar-refractivity contribution in [2.45, 2.75) is 0 Å². The predicted molar refractivity (Wildman–Crippen MR) is 42.2 cm³/mol. The summed E-state index contributed by atoms with van der Waals surface area (Å²) in [6.45, 7) is 2.66. The zero-order chi connectivity index (χ0) is 9.12. The molecule has 0 aromatic heterocycles. The molecule has 0 radical (unpaired) electrons. The highest BCUT2D eigenvalue weighted by Gasteiger charge is 2.29. The van der Waals surface area contributed by atoms with Crippen LogP contribution < -0.4 is 0 Å². The molecule has 0 heterocycles. The van der Waals surface area contributed by atoms with Gasteiger partial charge in [0.25, 0.3) is 0 Å². The van der Waals surface area contributed by atoms with Crippen molar-refractivity contribution in [1.82, 2.24) is 0 Å². The maximum atomic E-state index is 11.1. The molecule has 0 atom stereocenters. The summed E-state index contributed by atoms with van der Waals surface area (Å²) in [7, 11) is -4.07. The summed E-state index contributed by atoms with van der Waals surface area (Å²) in [5.41, 5.74) is 0. The summed E-state index contributed by atoms with van der Waals surface area (Å²) in [4.78, 5) is 0. The first-order chi connectivity index (χ1) is 4.83. The molecule has 0 aliphatic carbocycles. The third-order valence-corrected chi connectivity index (χ3v) is 4.01. The number of phosphoric acid groups is 1. The second kappa shape index (κ2) is 3.83. The van der Waals surface area contributed by atoms with Crippen molar-refractivity contribution in [2.75, 3.05) is 27.5 Å². The van der Waals surface area contributed by atoms with Gasteiger partial charge in [-0.3, -0.25) is 13.6 Å². The van der Waals surface area contributed by atoms with E-state index in [1.165, 1.54) is 27.5 Å². The van der Waals surface area contributed by atoms with Crippen molar-refractivity contribution in [3.05, 3.63) is 0 Å². The molecule has 0 unspecified atom stereocenters. The fourth-order valence-electron chi connectivity index (χ4n) is 0.382. The van der Waals surface area contributed by atoms with Gasteiger partial charge in [-0.15, -0.1) is 0 Å². The Bertz CT molecular complexity index is 199. The topological polar surface area (TPSA) is 61.8 Å². The smallest absolute Gasteiger partial charge is 0.293 e. The van der Waals surface area contributed by atoms with Gasteiger partial charge in [0.15, 0.2) is 0 Å². The molecule has 0 saturated carbocycles. The standard InChI is InChI=1S/C4H12O5P2/c1-7-11(6,8-2)9-10(3,4)5/h1-4H3. The van der Waals surface area contributed by atoms with Gasteiger partial charge in [-0.05, 0) is 0 Å². The lowest BCUT2D eigenvalue weighted by atomic mass is 11.8. The monoisotopic (exact) mass is 202 g/mol. The van der Waals surface area contributed by atoms with E-state index in [0.717, 1.165) is 0 Å². The van der Waals surface area contributed by atoms with E-state index in [2.05, 4.69) is 13.4 Å². The molecule has 0 fully saturated rings. The van der Waals surface area contributed by atoms with Gasteiger partial charge >= 0.3 is 7.82 Å². The van der Waals surface area contributed by atoms with Crippen LogP contribution in [0, 0.1) is 0 Å². The summed E-state index contributed by atoms with van der Waals surface area (Å²) in [5, 5.41) is 0. The zero-order valence-electron chi connectivity index (χ0n) is 6.94. The van der Waals surface area contributed by atoms with E-state index in [4.69, 9.17) is 0 Å². The summed E-state index contributed by atoms with van der Waals surface area (Å²) in [6, 6.07) is 0. The van der Waals surface area contributed by atoms with Gasteiger partial charge in [-0.1, -0.05) is 0 Å². The Labute approximate surface area is 66.1 Å². The van der Waals surface area contributed by atoms with Gasteiger partial charge in [0.2, 0.25) is 7.37 Å². The number of hydrogen-bond acceptors (Lipinski definition) is 5. The van der Waals surface area contributed by atoms with Crippen LogP contribution in [0.2, 0.25) is 0 Å². The van der Waals surface area contributed by atoms with Crippen LogP contribution in [0.3, 0.4) is 0 Å². The quantitative estimate of drug-likeness (QED) is 0.652. The summed E-state index contributed by atoms with van der Waals surface area (Å²) in [5.74, 6) is 0. The maximum Gasteiger partial charge on any atom is 0.479 e. The van der Waals surface area contributed by atoms with Crippen molar-refractivity contribution in [2.24, 2.45) is 0 Å². The molecular weight excluding hydrogens is 190 g/mol. The number of phosphoric ester groups is 1. The largest absolute Gasteiger partial charge is 0.479 e. The Morgan fingerprint density at radius 2 is 1.36 bits per heavy atom. The summed E-state index contributed by atoms with van der Waals surface area (Å²) >= 11 is 0. The molecule has 5 nitrogen and oxygen atoms in total. The summed E-state index contributed by atoms with van der Waals surface area (Å²) in [6.07, 6.45) is 0. The van der Waals surface area contributed by atoms with Crippen LogP contribution in [0.5, 0.6) is 0 Å². The van der Waals surface area contributed by atoms with Crippen molar-refractivity contribution in [3.63, 3.8) is 0 Å². The first-order valence-electron chi connectivity index (χ1n) is 2.81. The molecule has 7 heteroatoms. The predicted octanol–water partition coefficient (Wildman–Crippen LogP) is 1.94. The van der Waals surface area contributed by atoms with Crippen LogP contribution >= 0.6 is 15.2 Å². The first-order valence-corrected chi connectivity index (χ1v) is 6.79. The molecule has 0 aromatic carbocycles. The van der Waals surface area contributed by atoms with Crippen molar-refractivity contribution < 1.29 is 22.5 Å². The number of hydrogen-bond donors (Lipinski definition) is 0. The molecule has 0 saturated heterocycles. The van der Waals surface area contributed by atoms with Gasteiger partial charge in [0.1, 0.15) is 0 Å². The lowest BCUT2D eigenvalue weighted by molar-refractivity contribution is 0.213. The highest BCUT2D eigenvalue weighted by atomic mass is 31.3. The minimum Gasteiger partial charge on any atom is -0.293 e. The fourth-order valence-corrected chi connectivity index (χ4v) is 2.99. The Hall–Kier alpha value is 0.340. The average Bonchev–Trinajstić information content (AvgIpc) is 1.84. The third-order valence-electron chi connectivity index (χ3n) is 0.744. The average molecular weight is 202 g/mol. The SMILES string of the molecule is COP(=O)(OC)OP(C)(C)=O. The molecule has 0 amide bonds. The maximum absolute atomic E-state index is 11.1. The van der Waals surface area contributed by atoms with E-state index in [9.17, 15) is 9.13 Å². The van der Waals surface area contributed by atoms with Crippen LogP contribution in [0.25, 0.3) is 0 Å². The van der Waals surface area contributed by atoms with Crippen LogP contribution in [0.15, 0.2) is 0 Å². The molecule has 0 aromatic rings. The van der Waals surface area contributed by atoms with E-state index in [-0.39, 0.29) is 0 Å². The lowest BCUT2D eigenvalue weighted by Gasteiger charge is -2.15. The van der Waals surface area contributed by atoms with Crippen LogP contribution in [-0.2, 0) is 22.5 Å². The van der Waals surface area contributed by atoms with E-state index < -0.39 is 15.2 Å². The second-order valence-corrected chi connectivity index (χ2v) is 6.93. The third kappa shape index (κ3) is 4.72. The summed E-state index contributed by atoms with van der Waals surface area (Å²) < 4.78 is 35.5. The Morgan fingerprint density at radius 3 is 1.45 bits per heavy atom. The Balaban J connectivity index is 4.34. The van der Waals surface area contributed by atoms with Crippen LogP contribution in [0.4, 0.5) is 0 Å². The van der Waals surface area contributed by atoms with Crippen LogP contribution in [0.1, 0.15) is 0 Å². The van der Waals surface area contributed by atoms with E-state index in [1.807, 2.05) is 0 Å². The highest BCUT2D eigenvalue weighted by molar-refractivity contribution is 7.67.